The highest BCUT2D eigenvalue weighted by atomic mass is 28.4. The summed E-state index contributed by atoms with van der Waals surface area (Å²) >= 11 is 0. The van der Waals surface area contributed by atoms with E-state index in [2.05, 4.69) is 36.4 Å². The van der Waals surface area contributed by atoms with Crippen LogP contribution in [0.5, 0.6) is 0 Å². The van der Waals surface area contributed by atoms with Crippen molar-refractivity contribution in [3.05, 3.63) is 47.0 Å². The summed E-state index contributed by atoms with van der Waals surface area (Å²) in [6.45, 7) is 14.9. The lowest BCUT2D eigenvalue weighted by atomic mass is 9.99. The first-order valence-electron chi connectivity index (χ1n) is 14.4. The van der Waals surface area contributed by atoms with E-state index in [1.54, 1.807) is 0 Å². The third-order valence-electron chi connectivity index (χ3n) is 5.95. The third kappa shape index (κ3) is 13.0. The molecule has 0 spiro atoms. The second-order valence-corrected chi connectivity index (χ2v) is 14.2. The number of hydrogen-bond donors (Lipinski definition) is 1. The first-order valence-corrected chi connectivity index (χ1v) is 18.3. The highest BCUT2D eigenvalue weighted by Gasteiger charge is 2.40. The summed E-state index contributed by atoms with van der Waals surface area (Å²) in [5.41, 5.74) is 8.98. The largest absolute Gasteiger partial charge is 0.500 e. The molecular weight excluding hydrogens is 530 g/mol. The minimum atomic E-state index is -2.71. The molecule has 0 bridgehead atoms. The van der Waals surface area contributed by atoms with Crippen LogP contribution in [0.2, 0.25) is 12.1 Å². The fraction of sp³-hybridized carbons (Fsp3) is 0.621. The van der Waals surface area contributed by atoms with Crippen molar-refractivity contribution in [1.29, 1.82) is 0 Å². The van der Waals surface area contributed by atoms with Gasteiger partial charge in [0.15, 0.2) is 0 Å². The average Bonchev–Trinajstić information content (AvgIpc) is 2.87. The fourth-order valence-electron chi connectivity index (χ4n) is 4.32. The predicted molar refractivity (Wildman–Crippen MR) is 162 cm³/mol. The lowest BCUT2D eigenvalue weighted by Gasteiger charge is -2.28. The van der Waals surface area contributed by atoms with Crippen LogP contribution in [0.1, 0.15) is 78.4 Å². The summed E-state index contributed by atoms with van der Waals surface area (Å²) in [6, 6.07) is 9.72. The number of unbranched alkanes of at least 4 members (excludes halogenated alkanes) is 1. The first kappa shape index (κ1) is 35.4. The molecule has 0 saturated heterocycles. The Morgan fingerprint density at radius 2 is 1.08 bits per heavy atom. The van der Waals surface area contributed by atoms with Crippen molar-refractivity contribution in [1.82, 2.24) is 0 Å². The van der Waals surface area contributed by atoms with E-state index in [0.717, 1.165) is 12.8 Å². The van der Waals surface area contributed by atoms with Gasteiger partial charge in [0, 0.05) is 57.3 Å². The zero-order valence-electron chi connectivity index (χ0n) is 25.0. The van der Waals surface area contributed by atoms with Gasteiger partial charge in [-0.05, 0) is 78.4 Å². The van der Waals surface area contributed by atoms with Gasteiger partial charge in [0.05, 0.1) is 0 Å². The van der Waals surface area contributed by atoms with Gasteiger partial charge in [0.25, 0.3) is 0 Å². The van der Waals surface area contributed by atoms with Gasteiger partial charge in [-0.25, -0.2) is 0 Å². The summed E-state index contributed by atoms with van der Waals surface area (Å²) in [6.07, 6.45) is 8.98. The lowest BCUT2D eigenvalue weighted by molar-refractivity contribution is -0.114. The van der Waals surface area contributed by atoms with Crippen LogP contribution < -0.4 is 5.73 Å². The lowest BCUT2D eigenvalue weighted by Crippen LogP contribution is -2.46. The molecule has 1 aromatic carbocycles. The van der Waals surface area contributed by atoms with Crippen molar-refractivity contribution in [2.45, 2.75) is 79.3 Å². The van der Waals surface area contributed by atoms with Gasteiger partial charge in [-0.2, -0.15) is 0 Å². The molecule has 0 saturated carbocycles. The zero-order valence-corrected chi connectivity index (χ0v) is 27.0. The number of fused-ring (bicyclic) bond motifs is 1. The molecule has 2 N–H and O–H groups in total. The van der Waals surface area contributed by atoms with E-state index < -0.39 is 17.6 Å². The highest BCUT2D eigenvalue weighted by molar-refractivity contribution is 6.61. The first-order chi connectivity index (χ1) is 18.8. The zero-order chi connectivity index (χ0) is 29.0. The molecule has 1 amide bonds. The maximum absolute atomic E-state index is 11.9. The van der Waals surface area contributed by atoms with Crippen LogP contribution in [0.25, 0.3) is 12.2 Å². The second kappa shape index (κ2) is 20.3. The number of primary amides is 1. The standard InChI is InChI=1S/C21H45NO7Si2.C8H6/c1-7-24-30(25-8-2,26-9-3)18-14-13-16-20(21(22)23)17-15-19-31(27-10-4,28-11-5)29-12-6;1-2-4-8-6-5-7(8)3-1/h16H,7-15,17-19H2,1-6H3,(H2,22,23);1-6H. The van der Waals surface area contributed by atoms with Crippen LogP contribution in [0.15, 0.2) is 35.9 Å². The van der Waals surface area contributed by atoms with Crippen LogP contribution in [0, 0.1) is 0 Å². The number of amides is 1. The molecule has 2 rings (SSSR count). The van der Waals surface area contributed by atoms with Crippen molar-refractivity contribution in [3.63, 3.8) is 0 Å². The van der Waals surface area contributed by atoms with Crippen molar-refractivity contribution in [2.24, 2.45) is 5.73 Å². The van der Waals surface area contributed by atoms with Gasteiger partial charge in [-0.15, -0.1) is 0 Å². The SMILES string of the molecule is C1=Cc2ccccc21.CCO[Si](CCCC=C(CCC[Si](OCC)(OCC)OCC)C(N)=O)(OCC)OCC. The summed E-state index contributed by atoms with van der Waals surface area (Å²) in [5, 5.41) is 0. The molecule has 8 nitrogen and oxygen atoms in total. The van der Waals surface area contributed by atoms with E-state index in [9.17, 15) is 4.79 Å². The molecule has 1 aliphatic carbocycles. The van der Waals surface area contributed by atoms with Gasteiger partial charge in [0.2, 0.25) is 5.91 Å². The minimum Gasteiger partial charge on any atom is -0.374 e. The smallest absolute Gasteiger partial charge is 0.374 e. The molecule has 222 valence electrons. The molecule has 1 aromatic rings. The highest BCUT2D eigenvalue weighted by Crippen LogP contribution is 2.23. The van der Waals surface area contributed by atoms with E-state index >= 15 is 0 Å². The molecular formula is C29H51NO7Si2. The number of benzene rings is 1. The number of carbonyl (C=O) groups is 1. The summed E-state index contributed by atoms with van der Waals surface area (Å²) in [4.78, 5) is 11.9. The van der Waals surface area contributed by atoms with Crippen LogP contribution >= 0.6 is 0 Å². The van der Waals surface area contributed by atoms with Gasteiger partial charge in [-0.3, -0.25) is 4.79 Å². The molecule has 0 radical (unpaired) electrons. The molecule has 0 heterocycles. The van der Waals surface area contributed by atoms with Crippen molar-refractivity contribution < 1.29 is 31.4 Å². The molecule has 10 heteroatoms. The fourth-order valence-corrected chi connectivity index (χ4v) is 9.57. The molecule has 0 aromatic heterocycles. The third-order valence-corrected chi connectivity index (χ3v) is 12.3. The average molecular weight is 582 g/mol. The minimum absolute atomic E-state index is 0.389. The van der Waals surface area contributed by atoms with Gasteiger partial charge < -0.3 is 32.3 Å². The number of carbonyl (C=O) groups excluding carboxylic acids is 1. The number of nitrogens with two attached hydrogens (primary N) is 1. The van der Waals surface area contributed by atoms with Crippen molar-refractivity contribution in [3.8, 4) is 0 Å². The van der Waals surface area contributed by atoms with Gasteiger partial charge in [-0.1, -0.05) is 42.5 Å². The predicted octanol–water partition coefficient (Wildman–Crippen LogP) is 6.23. The Labute approximate surface area is 238 Å². The molecule has 1 aliphatic rings. The quantitative estimate of drug-likeness (QED) is 0.106. The molecule has 0 fully saturated rings. The van der Waals surface area contributed by atoms with Gasteiger partial charge >= 0.3 is 17.6 Å². The van der Waals surface area contributed by atoms with Crippen LogP contribution in [-0.2, 0) is 31.4 Å². The maximum atomic E-state index is 11.9. The van der Waals surface area contributed by atoms with E-state index in [0.29, 0.717) is 70.1 Å². The molecule has 0 unspecified atom stereocenters. The van der Waals surface area contributed by atoms with Crippen LogP contribution in [0.3, 0.4) is 0 Å². The van der Waals surface area contributed by atoms with E-state index in [4.69, 9.17) is 32.3 Å². The van der Waals surface area contributed by atoms with E-state index in [1.807, 2.05) is 47.6 Å². The van der Waals surface area contributed by atoms with E-state index in [-0.39, 0.29) is 5.91 Å². The number of allylic oxidation sites excluding steroid dienone is 1. The molecule has 0 aliphatic heterocycles. The van der Waals surface area contributed by atoms with Gasteiger partial charge in [0.1, 0.15) is 0 Å². The Kier molecular flexibility index (Phi) is 18.4. The molecule has 0 atom stereocenters. The Hall–Kier alpha value is -1.64. The topological polar surface area (TPSA) is 98.5 Å². The Morgan fingerprint density at radius 1 is 0.692 bits per heavy atom. The summed E-state index contributed by atoms with van der Waals surface area (Å²) in [5.74, 6) is -0.389. The van der Waals surface area contributed by atoms with Crippen molar-refractivity contribution >= 4 is 35.7 Å². The Morgan fingerprint density at radius 3 is 1.38 bits per heavy atom. The second-order valence-electron chi connectivity index (χ2n) is 8.77. The Bertz CT molecular complexity index is 820. The van der Waals surface area contributed by atoms with E-state index in [1.165, 1.54) is 11.1 Å². The number of rotatable bonds is 21. The number of hydrogen-bond acceptors (Lipinski definition) is 7. The summed E-state index contributed by atoms with van der Waals surface area (Å²) in [7, 11) is -5.37. The van der Waals surface area contributed by atoms with Crippen molar-refractivity contribution in [2.75, 3.05) is 39.6 Å². The summed E-state index contributed by atoms with van der Waals surface area (Å²) < 4.78 is 35.3. The maximum Gasteiger partial charge on any atom is 0.500 e. The molecule has 39 heavy (non-hydrogen) atoms. The normalized spacial score (nSPS) is 12.9. The van der Waals surface area contributed by atoms with Crippen LogP contribution in [-0.4, -0.2) is 63.2 Å². The Balaban J connectivity index is 0.000000788. The monoisotopic (exact) mass is 581 g/mol. The van der Waals surface area contributed by atoms with Crippen LogP contribution in [0.4, 0.5) is 0 Å².